The van der Waals surface area contributed by atoms with Crippen molar-refractivity contribution in [2.45, 2.75) is 18.9 Å². The van der Waals surface area contributed by atoms with Crippen molar-refractivity contribution in [2.24, 2.45) is 0 Å². The molecule has 1 N–H and O–H groups in total. The molecular weight excluding hydrogens is 541 g/mol. The van der Waals surface area contributed by atoms with E-state index < -0.39 is 6.04 Å². The number of carbonyl (C=O) groups excluding carboxylic acids is 2. The van der Waals surface area contributed by atoms with Crippen LogP contribution in [-0.4, -0.2) is 84.0 Å². The zero-order chi connectivity index (χ0) is 25.8. The molecule has 0 unspecified atom stereocenters. The van der Waals surface area contributed by atoms with Crippen molar-refractivity contribution < 1.29 is 9.59 Å². The van der Waals surface area contributed by atoms with Crippen LogP contribution in [0.4, 0.5) is 11.4 Å². The molecule has 0 saturated carbocycles. The van der Waals surface area contributed by atoms with Crippen molar-refractivity contribution in [3.63, 3.8) is 0 Å². The van der Waals surface area contributed by atoms with Gasteiger partial charge in [0.15, 0.2) is 5.11 Å². The second-order valence-corrected chi connectivity index (χ2v) is 10.6. The Morgan fingerprint density at radius 1 is 1.00 bits per heavy atom. The van der Waals surface area contributed by atoms with Crippen LogP contribution in [0.15, 0.2) is 42.5 Å². The molecule has 2 saturated heterocycles. The zero-order valence-electron chi connectivity index (χ0n) is 19.9. The van der Waals surface area contributed by atoms with Gasteiger partial charge in [0.1, 0.15) is 6.04 Å². The summed E-state index contributed by atoms with van der Waals surface area (Å²) in [6.45, 7) is 5.58. The SMILES string of the molecule is CN1CCN(CCCN2C(=S)N(c3ccc(Cl)c(Cl)c3)C(=O)[C@@H]2CC(=O)Nc2ccc(Cl)cc2)CC1. The molecule has 2 amide bonds. The molecule has 0 bridgehead atoms. The maximum atomic E-state index is 13.6. The molecule has 4 rings (SSSR count). The number of hydrogen-bond donors (Lipinski definition) is 1. The van der Waals surface area contributed by atoms with Gasteiger partial charge in [-0.1, -0.05) is 34.8 Å². The minimum atomic E-state index is -0.716. The molecule has 7 nitrogen and oxygen atoms in total. The third kappa shape index (κ3) is 6.49. The van der Waals surface area contributed by atoms with Gasteiger partial charge < -0.3 is 20.0 Å². The van der Waals surface area contributed by atoms with E-state index in [1.54, 1.807) is 42.5 Å². The lowest BCUT2D eigenvalue weighted by Crippen LogP contribution is -2.45. The molecule has 2 aromatic carbocycles. The highest BCUT2D eigenvalue weighted by atomic mass is 35.5. The molecule has 2 aromatic rings. The normalized spacial score (nSPS) is 19.3. The Kier molecular flexibility index (Phi) is 9.09. The van der Waals surface area contributed by atoms with E-state index in [0.717, 1.165) is 39.1 Å². The third-order valence-electron chi connectivity index (χ3n) is 6.46. The highest BCUT2D eigenvalue weighted by Crippen LogP contribution is 2.32. The first-order chi connectivity index (χ1) is 17.2. The third-order valence-corrected chi connectivity index (χ3v) is 7.86. The number of nitrogens with zero attached hydrogens (tertiary/aromatic N) is 4. The van der Waals surface area contributed by atoms with Crippen LogP contribution in [0.3, 0.4) is 0 Å². The van der Waals surface area contributed by atoms with E-state index in [-0.39, 0.29) is 18.2 Å². The van der Waals surface area contributed by atoms with Crippen LogP contribution >= 0.6 is 47.0 Å². The molecule has 36 heavy (non-hydrogen) atoms. The first-order valence-electron chi connectivity index (χ1n) is 11.8. The monoisotopic (exact) mass is 567 g/mol. The van der Waals surface area contributed by atoms with Gasteiger partial charge in [0.05, 0.1) is 22.2 Å². The molecule has 2 aliphatic heterocycles. The summed E-state index contributed by atoms with van der Waals surface area (Å²) < 4.78 is 0. The largest absolute Gasteiger partial charge is 0.336 e. The summed E-state index contributed by atoms with van der Waals surface area (Å²) in [5.74, 6) is -0.539. The molecule has 2 fully saturated rings. The fraction of sp³-hybridized carbons (Fsp3) is 0.400. The number of piperazine rings is 1. The number of benzene rings is 2. The van der Waals surface area contributed by atoms with Gasteiger partial charge in [0.25, 0.3) is 5.91 Å². The average molecular weight is 569 g/mol. The van der Waals surface area contributed by atoms with Gasteiger partial charge in [-0.05, 0) is 74.7 Å². The Morgan fingerprint density at radius 2 is 1.69 bits per heavy atom. The van der Waals surface area contributed by atoms with Crippen molar-refractivity contribution in [3.8, 4) is 0 Å². The lowest BCUT2D eigenvalue weighted by molar-refractivity contribution is -0.124. The topological polar surface area (TPSA) is 59.1 Å². The lowest BCUT2D eigenvalue weighted by atomic mass is 10.1. The summed E-state index contributed by atoms with van der Waals surface area (Å²) >= 11 is 24.0. The Morgan fingerprint density at radius 3 is 2.36 bits per heavy atom. The second-order valence-electron chi connectivity index (χ2n) is 9.02. The predicted molar refractivity (Wildman–Crippen MR) is 150 cm³/mol. The summed E-state index contributed by atoms with van der Waals surface area (Å²) in [5.41, 5.74) is 1.14. The highest BCUT2D eigenvalue weighted by molar-refractivity contribution is 7.80. The van der Waals surface area contributed by atoms with Crippen molar-refractivity contribution >= 4 is 75.3 Å². The fourth-order valence-corrected chi connectivity index (χ4v) is 5.24. The number of nitrogens with one attached hydrogen (secondary N) is 1. The number of anilines is 2. The van der Waals surface area contributed by atoms with Crippen LogP contribution in [0.25, 0.3) is 0 Å². The fourth-order valence-electron chi connectivity index (χ4n) is 4.41. The Bertz CT molecular complexity index is 1130. The predicted octanol–water partition coefficient (Wildman–Crippen LogP) is 4.62. The molecule has 11 heteroatoms. The quantitative estimate of drug-likeness (QED) is 0.469. The Labute approximate surface area is 231 Å². The smallest absolute Gasteiger partial charge is 0.256 e. The molecular formula is C25H28Cl3N5O2S. The van der Waals surface area contributed by atoms with Crippen LogP contribution in [-0.2, 0) is 9.59 Å². The van der Waals surface area contributed by atoms with Gasteiger partial charge in [-0.25, -0.2) is 0 Å². The summed E-state index contributed by atoms with van der Waals surface area (Å²) in [6, 6.07) is 11.1. The van der Waals surface area contributed by atoms with Crippen molar-refractivity contribution in [2.75, 3.05) is 56.5 Å². The van der Waals surface area contributed by atoms with Gasteiger partial charge in [-0.2, -0.15) is 0 Å². The second kappa shape index (κ2) is 12.1. The summed E-state index contributed by atoms with van der Waals surface area (Å²) in [5, 5.41) is 4.50. The van der Waals surface area contributed by atoms with Gasteiger partial charge in [-0.15, -0.1) is 0 Å². The van der Waals surface area contributed by atoms with E-state index in [1.807, 2.05) is 4.90 Å². The first kappa shape index (κ1) is 27.1. The molecule has 0 aliphatic carbocycles. The first-order valence-corrected chi connectivity index (χ1v) is 13.3. The number of carbonyl (C=O) groups is 2. The van der Waals surface area contributed by atoms with Gasteiger partial charge in [0, 0.05) is 43.4 Å². The van der Waals surface area contributed by atoms with Gasteiger partial charge in [-0.3, -0.25) is 14.5 Å². The number of amides is 2. The molecule has 0 aromatic heterocycles. The number of hydrogen-bond acceptors (Lipinski definition) is 5. The zero-order valence-corrected chi connectivity index (χ0v) is 23.0. The van der Waals surface area contributed by atoms with E-state index in [9.17, 15) is 9.59 Å². The lowest BCUT2D eigenvalue weighted by Gasteiger charge is -2.33. The van der Waals surface area contributed by atoms with Crippen molar-refractivity contribution in [3.05, 3.63) is 57.5 Å². The summed E-state index contributed by atoms with van der Waals surface area (Å²) in [7, 11) is 2.13. The number of thiocarbonyl (C=S) groups is 1. The van der Waals surface area contributed by atoms with Crippen molar-refractivity contribution in [1.29, 1.82) is 0 Å². The van der Waals surface area contributed by atoms with E-state index in [1.165, 1.54) is 4.90 Å². The van der Waals surface area contributed by atoms with Gasteiger partial charge >= 0.3 is 0 Å². The van der Waals surface area contributed by atoms with Crippen LogP contribution in [0.5, 0.6) is 0 Å². The molecule has 2 heterocycles. The van der Waals surface area contributed by atoms with Crippen LogP contribution in [0.1, 0.15) is 12.8 Å². The Balaban J connectivity index is 1.48. The minimum Gasteiger partial charge on any atom is -0.336 e. The van der Waals surface area contributed by atoms with E-state index in [2.05, 4.69) is 22.2 Å². The molecule has 0 radical (unpaired) electrons. The van der Waals surface area contributed by atoms with Crippen LogP contribution < -0.4 is 10.2 Å². The summed E-state index contributed by atoms with van der Waals surface area (Å²) in [4.78, 5) is 34.5. The molecule has 0 spiro atoms. The Hall–Kier alpha value is -1.94. The van der Waals surface area contributed by atoms with E-state index in [0.29, 0.717) is 38.1 Å². The van der Waals surface area contributed by atoms with E-state index >= 15 is 0 Å². The average Bonchev–Trinajstić information content (AvgIpc) is 3.07. The van der Waals surface area contributed by atoms with Gasteiger partial charge in [0.2, 0.25) is 5.91 Å². The number of rotatable bonds is 8. The van der Waals surface area contributed by atoms with E-state index in [4.69, 9.17) is 47.0 Å². The van der Waals surface area contributed by atoms with Crippen LogP contribution in [0, 0.1) is 0 Å². The highest BCUT2D eigenvalue weighted by Gasteiger charge is 2.44. The number of likely N-dealkylation sites (N-methyl/N-ethyl adjacent to an activating group) is 1. The standard InChI is InChI=1S/C25H28Cl3N5O2S/c1-30-11-13-31(14-12-30)9-2-10-32-22(16-23(34)29-18-5-3-17(26)4-6-18)24(35)33(25(32)36)19-7-8-20(27)21(28)15-19/h3-8,15,22H,2,9-14,16H2,1H3,(H,29,34)/t22-/m0/s1. The molecule has 192 valence electrons. The maximum absolute atomic E-state index is 13.6. The molecule has 2 aliphatic rings. The number of halogens is 3. The molecule has 1 atom stereocenters. The van der Waals surface area contributed by atoms with Crippen LogP contribution in [0.2, 0.25) is 15.1 Å². The minimum absolute atomic E-state index is 0.0338. The van der Waals surface area contributed by atoms with Crippen molar-refractivity contribution in [1.82, 2.24) is 14.7 Å². The summed E-state index contributed by atoms with van der Waals surface area (Å²) in [6.07, 6.45) is 0.787. The maximum Gasteiger partial charge on any atom is 0.256 e.